The molecule has 16 heavy (non-hydrogen) atoms. The van der Waals surface area contributed by atoms with Crippen molar-refractivity contribution in [3.63, 3.8) is 0 Å². The van der Waals surface area contributed by atoms with Crippen LogP contribution in [0.1, 0.15) is 36.8 Å². The number of aryl methyl sites for hydroxylation is 1. The van der Waals surface area contributed by atoms with E-state index in [0.717, 1.165) is 12.0 Å². The summed E-state index contributed by atoms with van der Waals surface area (Å²) in [7, 11) is 0. The van der Waals surface area contributed by atoms with Gasteiger partial charge in [0.1, 0.15) is 5.82 Å². The van der Waals surface area contributed by atoms with E-state index >= 15 is 0 Å². The van der Waals surface area contributed by atoms with E-state index in [-0.39, 0.29) is 16.6 Å². The highest BCUT2D eigenvalue weighted by atomic mass is 35.5. The Balaban J connectivity index is 2.31. The van der Waals surface area contributed by atoms with E-state index in [1.54, 1.807) is 13.0 Å². The predicted octanol–water partition coefficient (Wildman–Crippen LogP) is 5.11. The molecule has 0 spiro atoms. The van der Waals surface area contributed by atoms with Crippen molar-refractivity contribution in [3.05, 3.63) is 34.1 Å². The fourth-order valence-electron chi connectivity index (χ4n) is 2.12. The molecule has 1 aliphatic rings. The van der Waals surface area contributed by atoms with Gasteiger partial charge in [-0.25, -0.2) is 4.39 Å². The molecular weight excluding hydrogens is 246 g/mol. The van der Waals surface area contributed by atoms with Crippen LogP contribution in [0.3, 0.4) is 0 Å². The zero-order chi connectivity index (χ0) is 12.1. The van der Waals surface area contributed by atoms with Gasteiger partial charge in [0.15, 0.2) is 0 Å². The van der Waals surface area contributed by atoms with Gasteiger partial charge < -0.3 is 0 Å². The van der Waals surface area contributed by atoms with E-state index in [2.05, 4.69) is 13.8 Å². The first-order valence-corrected chi connectivity index (χ1v) is 6.24. The summed E-state index contributed by atoms with van der Waals surface area (Å²) in [6.07, 6.45) is 1.11. The number of hydrogen-bond donors (Lipinski definition) is 0. The van der Waals surface area contributed by atoms with Crippen LogP contribution in [-0.4, -0.2) is 0 Å². The molecule has 0 aromatic heterocycles. The van der Waals surface area contributed by atoms with Gasteiger partial charge in [0.05, 0.1) is 5.38 Å². The maximum atomic E-state index is 13.3. The van der Waals surface area contributed by atoms with E-state index < -0.39 is 0 Å². The maximum Gasteiger partial charge on any atom is 0.127 e. The van der Waals surface area contributed by atoms with E-state index in [1.165, 1.54) is 6.07 Å². The summed E-state index contributed by atoms with van der Waals surface area (Å²) in [4.78, 5) is 0. The standard InChI is InChI=1S/C13H15Cl2F/c1-7-4-8(10(14)5-11(7)16)12(15)9-6-13(9,2)3/h4-5,9,12H,6H2,1-3H3. The minimum absolute atomic E-state index is 0.109. The Kier molecular flexibility index (Phi) is 2.96. The van der Waals surface area contributed by atoms with Crippen LogP contribution in [0.15, 0.2) is 12.1 Å². The second kappa shape index (κ2) is 3.89. The molecule has 0 heterocycles. The highest BCUT2D eigenvalue weighted by molar-refractivity contribution is 6.32. The highest BCUT2D eigenvalue weighted by Crippen LogP contribution is 2.60. The molecule has 2 atom stereocenters. The summed E-state index contributed by atoms with van der Waals surface area (Å²) in [5.74, 6) is 0.171. The molecule has 1 aromatic rings. The zero-order valence-corrected chi connectivity index (χ0v) is 11.2. The van der Waals surface area contributed by atoms with E-state index in [4.69, 9.17) is 23.2 Å². The Bertz CT molecular complexity index is 426. The van der Waals surface area contributed by atoms with Gasteiger partial charge in [-0.05, 0) is 41.9 Å². The quantitative estimate of drug-likeness (QED) is 0.648. The van der Waals surface area contributed by atoms with Crippen LogP contribution >= 0.6 is 23.2 Å². The fraction of sp³-hybridized carbons (Fsp3) is 0.538. The number of rotatable bonds is 2. The van der Waals surface area contributed by atoms with Crippen molar-refractivity contribution >= 4 is 23.2 Å². The normalized spacial score (nSPS) is 24.2. The lowest BCUT2D eigenvalue weighted by atomic mass is 10.0. The molecule has 0 bridgehead atoms. The second-order valence-electron chi connectivity index (χ2n) is 5.32. The van der Waals surface area contributed by atoms with Crippen molar-refractivity contribution in [1.29, 1.82) is 0 Å². The van der Waals surface area contributed by atoms with Gasteiger partial charge in [-0.3, -0.25) is 0 Å². The lowest BCUT2D eigenvalue weighted by Crippen LogP contribution is -2.01. The first-order valence-electron chi connectivity index (χ1n) is 5.42. The first kappa shape index (κ1) is 12.2. The van der Waals surface area contributed by atoms with Gasteiger partial charge >= 0.3 is 0 Å². The number of benzene rings is 1. The number of halogens is 3. The second-order valence-corrected chi connectivity index (χ2v) is 6.20. The molecule has 88 valence electrons. The number of hydrogen-bond acceptors (Lipinski definition) is 0. The lowest BCUT2D eigenvalue weighted by Gasteiger charge is -2.14. The third kappa shape index (κ3) is 2.08. The van der Waals surface area contributed by atoms with E-state index in [9.17, 15) is 4.39 Å². The van der Waals surface area contributed by atoms with E-state index in [1.807, 2.05) is 0 Å². The molecule has 2 rings (SSSR count). The molecule has 1 aromatic carbocycles. The molecule has 0 radical (unpaired) electrons. The van der Waals surface area contributed by atoms with Gasteiger partial charge in [-0.2, -0.15) is 0 Å². The SMILES string of the molecule is Cc1cc(C(Cl)C2CC2(C)C)c(Cl)cc1F. The third-order valence-corrected chi connectivity index (χ3v) is 4.38. The molecule has 0 nitrogen and oxygen atoms in total. The van der Waals surface area contributed by atoms with Crippen LogP contribution in [0.5, 0.6) is 0 Å². The Labute approximate surface area is 106 Å². The summed E-state index contributed by atoms with van der Waals surface area (Å²) in [6, 6.07) is 3.13. The van der Waals surface area contributed by atoms with Crippen molar-refractivity contribution in [2.75, 3.05) is 0 Å². The average molecular weight is 261 g/mol. The monoisotopic (exact) mass is 260 g/mol. The van der Waals surface area contributed by atoms with Crippen molar-refractivity contribution in [2.45, 2.75) is 32.6 Å². The molecule has 3 heteroatoms. The minimum Gasteiger partial charge on any atom is -0.207 e. The van der Waals surface area contributed by atoms with Crippen LogP contribution in [0.25, 0.3) is 0 Å². The summed E-state index contributed by atoms with van der Waals surface area (Å²) in [5, 5.41) is 0.326. The van der Waals surface area contributed by atoms with Crippen LogP contribution in [0.4, 0.5) is 4.39 Å². The summed E-state index contributed by atoms with van der Waals surface area (Å²) in [5.41, 5.74) is 1.75. The molecular formula is C13H15Cl2F. The van der Waals surface area contributed by atoms with Crippen LogP contribution < -0.4 is 0 Å². The van der Waals surface area contributed by atoms with Gasteiger partial charge in [0, 0.05) is 5.02 Å². The van der Waals surface area contributed by atoms with Crippen molar-refractivity contribution in [1.82, 2.24) is 0 Å². The number of alkyl halides is 1. The van der Waals surface area contributed by atoms with Gasteiger partial charge in [-0.15, -0.1) is 11.6 Å². The topological polar surface area (TPSA) is 0 Å². The molecule has 1 fully saturated rings. The van der Waals surface area contributed by atoms with Crippen LogP contribution in [0.2, 0.25) is 5.02 Å². The fourth-order valence-corrected chi connectivity index (χ4v) is 3.05. The maximum absolute atomic E-state index is 13.3. The largest absolute Gasteiger partial charge is 0.207 e. The molecule has 0 N–H and O–H groups in total. The summed E-state index contributed by atoms with van der Waals surface area (Å²) in [6.45, 7) is 6.12. The molecule has 1 aliphatic carbocycles. The third-order valence-electron chi connectivity index (χ3n) is 3.52. The van der Waals surface area contributed by atoms with Gasteiger partial charge in [-0.1, -0.05) is 31.5 Å². The van der Waals surface area contributed by atoms with Crippen molar-refractivity contribution in [2.24, 2.45) is 11.3 Å². The summed E-state index contributed by atoms with van der Waals surface area (Å²) >= 11 is 12.4. The molecule has 0 amide bonds. The van der Waals surface area contributed by atoms with E-state index in [0.29, 0.717) is 16.5 Å². The molecule has 1 saturated carbocycles. The average Bonchev–Trinajstić information content (AvgIpc) is 2.80. The smallest absolute Gasteiger partial charge is 0.127 e. The lowest BCUT2D eigenvalue weighted by molar-refractivity contribution is 0.547. The Morgan fingerprint density at radius 2 is 2.00 bits per heavy atom. The summed E-state index contributed by atoms with van der Waals surface area (Å²) < 4.78 is 13.3. The molecule has 2 unspecified atom stereocenters. The Morgan fingerprint density at radius 1 is 1.44 bits per heavy atom. The van der Waals surface area contributed by atoms with Crippen LogP contribution in [-0.2, 0) is 0 Å². The Hall–Kier alpha value is -0.270. The highest BCUT2D eigenvalue weighted by Gasteiger charge is 2.50. The van der Waals surface area contributed by atoms with Crippen LogP contribution in [0, 0.1) is 24.1 Å². The first-order chi connectivity index (χ1) is 7.33. The van der Waals surface area contributed by atoms with Gasteiger partial charge in [0.25, 0.3) is 0 Å². The zero-order valence-electron chi connectivity index (χ0n) is 9.65. The Morgan fingerprint density at radius 3 is 2.50 bits per heavy atom. The predicted molar refractivity (Wildman–Crippen MR) is 66.6 cm³/mol. The van der Waals surface area contributed by atoms with Crippen molar-refractivity contribution < 1.29 is 4.39 Å². The van der Waals surface area contributed by atoms with Crippen molar-refractivity contribution in [3.8, 4) is 0 Å². The molecule has 0 saturated heterocycles. The minimum atomic E-state index is -0.271. The molecule has 0 aliphatic heterocycles. The van der Waals surface area contributed by atoms with Gasteiger partial charge in [0.2, 0.25) is 0 Å².